The number of aryl methyl sites for hydroxylation is 1. The molecule has 2 N–H and O–H groups in total. The lowest BCUT2D eigenvalue weighted by Gasteiger charge is -2.32. The van der Waals surface area contributed by atoms with Crippen LogP contribution in [0.1, 0.15) is 17.5 Å². The highest BCUT2D eigenvalue weighted by atomic mass is 32.1. The van der Waals surface area contributed by atoms with Crippen molar-refractivity contribution in [1.82, 2.24) is 4.98 Å². The van der Waals surface area contributed by atoms with Gasteiger partial charge in [0.2, 0.25) is 5.13 Å². The molecule has 0 spiro atoms. The Morgan fingerprint density at radius 3 is 2.48 bits per heavy atom. The summed E-state index contributed by atoms with van der Waals surface area (Å²) in [6.45, 7) is 1.87. The summed E-state index contributed by atoms with van der Waals surface area (Å²) >= 11 is 0.932. The lowest BCUT2D eigenvalue weighted by Crippen LogP contribution is -2.55. The molecule has 9 heteroatoms. The van der Waals surface area contributed by atoms with Gasteiger partial charge in [0.15, 0.2) is 0 Å². The highest BCUT2D eigenvalue weighted by Crippen LogP contribution is 2.45. The topological polar surface area (TPSA) is 69.0 Å². The van der Waals surface area contributed by atoms with Crippen LogP contribution in [-0.2, 0) is 0 Å². The summed E-state index contributed by atoms with van der Waals surface area (Å²) in [5.41, 5.74) is -0.675. The summed E-state index contributed by atoms with van der Waals surface area (Å²) in [5, 5.41) is 26.3. The maximum atomic E-state index is 13.8. The van der Waals surface area contributed by atoms with Gasteiger partial charge in [-0.25, -0.2) is 4.98 Å². The number of thiazole rings is 1. The normalized spacial score (nSPS) is 19.5. The molecule has 0 unspecified atom stereocenters. The minimum absolute atomic E-state index is 0.0182. The Bertz CT molecular complexity index is 1080. The van der Waals surface area contributed by atoms with E-state index < -0.39 is 18.3 Å². The van der Waals surface area contributed by atoms with E-state index in [1.165, 1.54) is 12.1 Å². The standard InChI is InChI=1S/C20H16F3N3O2S/c1-12-5-7-13(8-6-12)16-10-19(28,20(21,22)23)26(25-16)18-24-17(11-29-18)14-3-2-4-15(27)9-14/h2-9,11,27-28H,10H2,1H3/t19-/m0/s1. The average molecular weight is 419 g/mol. The van der Waals surface area contributed by atoms with Crippen LogP contribution in [-0.4, -0.2) is 32.8 Å². The van der Waals surface area contributed by atoms with E-state index in [0.29, 0.717) is 21.8 Å². The molecule has 1 aromatic heterocycles. The summed E-state index contributed by atoms with van der Waals surface area (Å²) in [7, 11) is 0. The van der Waals surface area contributed by atoms with Crippen LogP contribution >= 0.6 is 11.3 Å². The summed E-state index contributed by atoms with van der Waals surface area (Å²) < 4.78 is 41.4. The molecule has 0 aliphatic carbocycles. The van der Waals surface area contributed by atoms with Gasteiger partial charge in [-0.05, 0) is 24.6 Å². The van der Waals surface area contributed by atoms with Gasteiger partial charge in [-0.3, -0.25) is 0 Å². The number of aromatic nitrogens is 1. The number of hydrogen-bond acceptors (Lipinski definition) is 6. The molecule has 150 valence electrons. The number of phenols is 1. The molecular formula is C20H16F3N3O2S. The fourth-order valence-corrected chi connectivity index (χ4v) is 3.88. The van der Waals surface area contributed by atoms with Crippen LogP contribution in [0.3, 0.4) is 0 Å². The quantitative estimate of drug-likeness (QED) is 0.646. The Kier molecular flexibility index (Phi) is 4.59. The summed E-state index contributed by atoms with van der Waals surface area (Å²) in [6, 6.07) is 13.1. The second-order valence-corrected chi connectivity index (χ2v) is 7.62. The van der Waals surface area contributed by atoms with Crippen molar-refractivity contribution in [3.63, 3.8) is 0 Å². The van der Waals surface area contributed by atoms with Gasteiger partial charge in [0.1, 0.15) is 5.75 Å². The van der Waals surface area contributed by atoms with E-state index in [1.807, 2.05) is 6.92 Å². The smallest absolute Gasteiger partial charge is 0.438 e. The van der Waals surface area contributed by atoms with Crippen molar-refractivity contribution in [1.29, 1.82) is 0 Å². The number of alkyl halides is 3. The number of hydrogen-bond donors (Lipinski definition) is 2. The molecule has 0 saturated heterocycles. The van der Waals surface area contributed by atoms with Crippen LogP contribution in [0.5, 0.6) is 5.75 Å². The van der Waals surface area contributed by atoms with Crippen molar-refractivity contribution >= 4 is 22.2 Å². The molecule has 1 aliphatic rings. The van der Waals surface area contributed by atoms with Crippen molar-refractivity contribution in [2.45, 2.75) is 25.2 Å². The molecule has 1 aliphatic heterocycles. The average Bonchev–Trinajstić information content (AvgIpc) is 3.27. The van der Waals surface area contributed by atoms with E-state index in [1.54, 1.807) is 41.8 Å². The van der Waals surface area contributed by atoms with E-state index >= 15 is 0 Å². The fourth-order valence-electron chi connectivity index (χ4n) is 3.03. The van der Waals surface area contributed by atoms with Gasteiger partial charge in [0.05, 0.1) is 17.8 Å². The second-order valence-electron chi connectivity index (χ2n) is 6.78. The van der Waals surface area contributed by atoms with Crippen molar-refractivity contribution in [3.8, 4) is 17.0 Å². The number of aliphatic hydroxyl groups is 1. The van der Waals surface area contributed by atoms with Gasteiger partial charge in [0, 0.05) is 10.9 Å². The third kappa shape index (κ3) is 3.47. The predicted octanol–water partition coefficient (Wildman–Crippen LogP) is 4.69. The first-order chi connectivity index (χ1) is 13.7. The molecule has 29 heavy (non-hydrogen) atoms. The van der Waals surface area contributed by atoms with Crippen molar-refractivity contribution in [2.24, 2.45) is 5.10 Å². The Labute approximate surface area is 168 Å². The van der Waals surface area contributed by atoms with Crippen LogP contribution in [0.25, 0.3) is 11.3 Å². The zero-order valence-electron chi connectivity index (χ0n) is 15.2. The molecule has 5 nitrogen and oxygen atoms in total. The fraction of sp³-hybridized carbons (Fsp3) is 0.200. The highest BCUT2D eigenvalue weighted by Gasteiger charge is 2.62. The Morgan fingerprint density at radius 2 is 1.83 bits per heavy atom. The van der Waals surface area contributed by atoms with Gasteiger partial charge in [-0.1, -0.05) is 42.0 Å². The number of halogens is 3. The Morgan fingerprint density at radius 1 is 1.10 bits per heavy atom. The summed E-state index contributed by atoms with van der Waals surface area (Å²) in [5.74, 6) is 0.0182. The molecule has 0 bridgehead atoms. The van der Waals surface area contributed by atoms with Gasteiger partial charge in [-0.2, -0.15) is 23.3 Å². The van der Waals surface area contributed by atoms with Gasteiger partial charge < -0.3 is 10.2 Å². The van der Waals surface area contributed by atoms with Crippen LogP contribution in [0, 0.1) is 6.92 Å². The lowest BCUT2D eigenvalue weighted by molar-refractivity contribution is -0.254. The zero-order chi connectivity index (χ0) is 20.8. The number of benzene rings is 2. The monoisotopic (exact) mass is 419 g/mol. The number of nitrogens with zero attached hydrogens (tertiary/aromatic N) is 3. The Balaban J connectivity index is 1.75. The van der Waals surface area contributed by atoms with Gasteiger partial charge in [0.25, 0.3) is 5.72 Å². The number of rotatable bonds is 3. The molecule has 0 saturated carbocycles. The molecule has 0 fully saturated rings. The van der Waals surface area contributed by atoms with Crippen molar-refractivity contribution in [3.05, 3.63) is 65.0 Å². The molecule has 2 heterocycles. The molecule has 4 rings (SSSR count). The molecule has 0 radical (unpaired) electrons. The Hall–Kier alpha value is -2.91. The molecule has 3 aromatic rings. The second kappa shape index (κ2) is 6.85. The van der Waals surface area contributed by atoms with Crippen LogP contribution in [0.2, 0.25) is 0 Å². The third-order valence-electron chi connectivity index (χ3n) is 4.64. The van der Waals surface area contributed by atoms with E-state index in [9.17, 15) is 23.4 Å². The molecule has 2 aromatic carbocycles. The lowest BCUT2D eigenvalue weighted by atomic mass is 10.0. The zero-order valence-corrected chi connectivity index (χ0v) is 16.0. The van der Waals surface area contributed by atoms with Gasteiger partial charge in [-0.15, -0.1) is 11.3 Å². The first-order valence-electron chi connectivity index (χ1n) is 8.66. The summed E-state index contributed by atoms with van der Waals surface area (Å²) in [4.78, 5) is 4.22. The van der Waals surface area contributed by atoms with Crippen LogP contribution in [0.15, 0.2) is 59.0 Å². The first-order valence-corrected chi connectivity index (χ1v) is 9.54. The molecule has 1 atom stereocenters. The van der Waals surface area contributed by atoms with Crippen LogP contribution < -0.4 is 5.01 Å². The highest BCUT2D eigenvalue weighted by molar-refractivity contribution is 7.14. The first kappa shape index (κ1) is 19.4. The molecule has 0 amide bonds. The minimum atomic E-state index is -4.94. The molecular weight excluding hydrogens is 403 g/mol. The number of phenolic OH excluding ortho intramolecular Hbond substituents is 1. The maximum absolute atomic E-state index is 13.8. The third-order valence-corrected chi connectivity index (χ3v) is 5.46. The van der Waals surface area contributed by atoms with E-state index in [4.69, 9.17) is 0 Å². The SMILES string of the molecule is Cc1ccc(C2=NN(c3nc(-c4cccc(O)c4)cs3)[C@@](O)(C(F)(F)F)C2)cc1. The number of hydrazone groups is 1. The van der Waals surface area contributed by atoms with Crippen molar-refractivity contribution < 1.29 is 23.4 Å². The van der Waals surface area contributed by atoms with Crippen LogP contribution in [0.4, 0.5) is 18.3 Å². The maximum Gasteiger partial charge on any atom is 0.438 e. The van der Waals surface area contributed by atoms with E-state index in [0.717, 1.165) is 16.9 Å². The summed E-state index contributed by atoms with van der Waals surface area (Å²) in [6.07, 6.45) is -5.65. The number of aromatic hydroxyl groups is 1. The minimum Gasteiger partial charge on any atom is -0.508 e. The largest absolute Gasteiger partial charge is 0.508 e. The van der Waals surface area contributed by atoms with E-state index in [-0.39, 0.29) is 16.6 Å². The van der Waals surface area contributed by atoms with Crippen molar-refractivity contribution in [2.75, 3.05) is 5.01 Å². The van der Waals surface area contributed by atoms with Gasteiger partial charge >= 0.3 is 6.18 Å². The predicted molar refractivity (Wildman–Crippen MR) is 105 cm³/mol. The number of anilines is 1. The van der Waals surface area contributed by atoms with E-state index in [2.05, 4.69) is 10.1 Å².